The van der Waals surface area contributed by atoms with Crippen LogP contribution in [0.5, 0.6) is 5.75 Å². The highest BCUT2D eigenvalue weighted by Crippen LogP contribution is 2.31. The first-order valence-electron chi connectivity index (χ1n) is 11.5. The van der Waals surface area contributed by atoms with Crippen molar-refractivity contribution >= 4 is 28.5 Å². The summed E-state index contributed by atoms with van der Waals surface area (Å²) in [5.74, 6) is 0.367. The van der Waals surface area contributed by atoms with Crippen molar-refractivity contribution in [3.63, 3.8) is 0 Å². The van der Waals surface area contributed by atoms with Crippen molar-refractivity contribution in [2.45, 2.75) is 40.0 Å². The van der Waals surface area contributed by atoms with Crippen LogP contribution in [0, 0.1) is 20.8 Å². The number of fused-ring (bicyclic) bond motifs is 2. The van der Waals surface area contributed by atoms with E-state index in [1.807, 2.05) is 69.3 Å². The van der Waals surface area contributed by atoms with Crippen LogP contribution < -0.4 is 10.2 Å². The van der Waals surface area contributed by atoms with E-state index in [-0.39, 0.29) is 11.5 Å². The lowest BCUT2D eigenvalue weighted by atomic mass is 9.93. The Kier molecular flexibility index (Phi) is 5.91. The molecule has 1 aliphatic rings. The van der Waals surface area contributed by atoms with Gasteiger partial charge in [-0.05, 0) is 69.0 Å². The number of amides is 1. The van der Waals surface area contributed by atoms with Crippen LogP contribution >= 0.6 is 0 Å². The van der Waals surface area contributed by atoms with Crippen LogP contribution in [0.15, 0.2) is 64.1 Å². The molecule has 7 heteroatoms. The summed E-state index contributed by atoms with van der Waals surface area (Å²) in [6, 6.07) is 16.8. The summed E-state index contributed by atoms with van der Waals surface area (Å²) in [6.07, 6.45) is 2.14. The van der Waals surface area contributed by atoms with Gasteiger partial charge in [0.25, 0.3) is 5.91 Å². The number of rotatable bonds is 4. The van der Waals surface area contributed by atoms with Crippen LogP contribution in [0.4, 0.5) is 0 Å². The number of pyridine rings is 1. The average molecular weight is 468 g/mol. The molecule has 1 N–H and O–H groups in total. The maximum Gasteiger partial charge on any atom is 0.379 e. The minimum Gasteiger partial charge on any atom is -0.453 e. The summed E-state index contributed by atoms with van der Waals surface area (Å²) in [7, 11) is 0. The molecule has 0 aliphatic heterocycles. The van der Waals surface area contributed by atoms with Crippen molar-refractivity contribution < 1.29 is 18.7 Å². The first kappa shape index (κ1) is 22.5. The lowest BCUT2D eigenvalue weighted by Gasteiger charge is -2.13. The van der Waals surface area contributed by atoms with Crippen LogP contribution in [0.2, 0.25) is 0 Å². The first-order chi connectivity index (χ1) is 16.9. The van der Waals surface area contributed by atoms with Crippen LogP contribution in [0.1, 0.15) is 61.9 Å². The summed E-state index contributed by atoms with van der Waals surface area (Å²) in [5, 5.41) is 5.35. The topological polar surface area (TPSA) is 93.8 Å². The Bertz CT molecular complexity index is 1480. The van der Waals surface area contributed by atoms with Gasteiger partial charge in [-0.25, -0.2) is 15.2 Å². The predicted octanol–water partition coefficient (Wildman–Crippen LogP) is 5.44. The highest BCUT2D eigenvalue weighted by atomic mass is 16.5. The number of benzene rings is 2. The number of aryl methyl sites for hydroxylation is 3. The molecule has 0 radical (unpaired) electrons. The normalized spacial score (nSPS) is 14.1. The molecule has 1 aliphatic carbocycles. The quantitative estimate of drug-likeness (QED) is 0.245. The van der Waals surface area contributed by atoms with E-state index in [1.165, 1.54) is 0 Å². The molecule has 2 aromatic carbocycles. The zero-order valence-electron chi connectivity index (χ0n) is 19.8. The molecule has 7 nitrogen and oxygen atoms in total. The molecule has 0 unspecified atom stereocenters. The van der Waals surface area contributed by atoms with Crippen LogP contribution in [-0.2, 0) is 6.42 Å². The molecule has 0 saturated heterocycles. The Morgan fingerprint density at radius 1 is 1.00 bits per heavy atom. The number of nitrogens with zero attached hydrogens (tertiary/aromatic N) is 2. The summed E-state index contributed by atoms with van der Waals surface area (Å²) in [5.41, 5.74) is 7.75. The highest BCUT2D eigenvalue weighted by molar-refractivity contribution is 6.06. The zero-order valence-corrected chi connectivity index (χ0v) is 19.8. The van der Waals surface area contributed by atoms with Gasteiger partial charge in [0.15, 0.2) is 0 Å². The highest BCUT2D eigenvalue weighted by Gasteiger charge is 2.29. The summed E-state index contributed by atoms with van der Waals surface area (Å²) < 4.78 is 11.5. The Morgan fingerprint density at radius 3 is 2.57 bits per heavy atom. The lowest BCUT2D eigenvalue weighted by molar-refractivity contribution is 0.0698. The molecule has 2 heterocycles. The van der Waals surface area contributed by atoms with Crippen molar-refractivity contribution in [1.82, 2.24) is 10.4 Å². The van der Waals surface area contributed by atoms with Gasteiger partial charge in [0.1, 0.15) is 17.2 Å². The molecule has 2 aromatic heterocycles. The second-order valence-corrected chi connectivity index (χ2v) is 8.81. The fourth-order valence-corrected chi connectivity index (χ4v) is 4.49. The van der Waals surface area contributed by atoms with E-state index in [0.29, 0.717) is 35.6 Å². The molecule has 35 heavy (non-hydrogen) atoms. The SMILES string of the molecule is Cc1cc(C)cc(OC(=O)c2oc3c(c2C)/C(=N/NC(=O)c2ccc4ccccc4n2)CCC3)c1. The van der Waals surface area contributed by atoms with E-state index in [1.54, 1.807) is 6.07 Å². The Balaban J connectivity index is 1.38. The minimum absolute atomic E-state index is 0.159. The lowest BCUT2D eigenvalue weighted by Crippen LogP contribution is -2.23. The van der Waals surface area contributed by atoms with Gasteiger partial charge in [-0.2, -0.15) is 5.10 Å². The first-order valence-corrected chi connectivity index (χ1v) is 11.5. The van der Waals surface area contributed by atoms with E-state index >= 15 is 0 Å². The van der Waals surface area contributed by atoms with E-state index in [2.05, 4.69) is 15.5 Å². The molecule has 176 valence electrons. The van der Waals surface area contributed by atoms with Gasteiger partial charge in [-0.1, -0.05) is 30.3 Å². The third-order valence-electron chi connectivity index (χ3n) is 6.04. The molecule has 5 rings (SSSR count). The Labute approximate surface area is 202 Å². The maximum atomic E-state index is 12.9. The fraction of sp³-hybridized carbons (Fsp3) is 0.214. The minimum atomic E-state index is -0.550. The van der Waals surface area contributed by atoms with Gasteiger partial charge in [-0.15, -0.1) is 0 Å². The molecule has 0 saturated carbocycles. The van der Waals surface area contributed by atoms with Crippen molar-refractivity contribution in [1.29, 1.82) is 0 Å². The molecule has 0 bridgehead atoms. The van der Waals surface area contributed by atoms with Gasteiger partial charge in [0.2, 0.25) is 5.76 Å². The third kappa shape index (κ3) is 4.57. The maximum absolute atomic E-state index is 12.9. The number of hydrazone groups is 1. The summed E-state index contributed by atoms with van der Waals surface area (Å²) in [4.78, 5) is 30.0. The largest absolute Gasteiger partial charge is 0.453 e. The van der Waals surface area contributed by atoms with Crippen LogP contribution in [0.25, 0.3) is 10.9 Å². The second-order valence-electron chi connectivity index (χ2n) is 8.81. The van der Waals surface area contributed by atoms with Gasteiger partial charge >= 0.3 is 5.97 Å². The smallest absolute Gasteiger partial charge is 0.379 e. The van der Waals surface area contributed by atoms with Gasteiger partial charge in [-0.3, -0.25) is 4.79 Å². The standard InChI is InChI=1S/C28H25N3O4/c1-16-13-17(2)15-20(14-16)34-28(33)26-18(3)25-22(9-6-10-24(25)35-26)30-31-27(32)23-12-11-19-7-4-5-8-21(19)29-23/h4-5,7-8,11-15H,6,9-10H2,1-3H3,(H,31,32)/b30-22+. The van der Waals surface area contributed by atoms with Crippen molar-refractivity contribution in [3.8, 4) is 5.75 Å². The molecule has 0 spiro atoms. The monoisotopic (exact) mass is 467 g/mol. The number of carbonyl (C=O) groups excluding carboxylic acids is 2. The average Bonchev–Trinajstić information content (AvgIpc) is 3.18. The molecular weight excluding hydrogens is 442 g/mol. The molecular formula is C28H25N3O4. The van der Waals surface area contributed by atoms with Gasteiger partial charge in [0.05, 0.1) is 11.2 Å². The van der Waals surface area contributed by atoms with Crippen molar-refractivity contribution in [2.24, 2.45) is 5.10 Å². The summed E-state index contributed by atoms with van der Waals surface area (Å²) >= 11 is 0. The van der Waals surface area contributed by atoms with Crippen molar-refractivity contribution in [3.05, 3.63) is 94.1 Å². The number of carbonyl (C=O) groups is 2. The van der Waals surface area contributed by atoms with E-state index < -0.39 is 11.9 Å². The van der Waals surface area contributed by atoms with E-state index in [9.17, 15) is 9.59 Å². The molecule has 4 aromatic rings. The Morgan fingerprint density at radius 2 is 1.77 bits per heavy atom. The number of hydrogen-bond donors (Lipinski definition) is 1. The number of hydrogen-bond acceptors (Lipinski definition) is 6. The van der Waals surface area contributed by atoms with Gasteiger partial charge < -0.3 is 9.15 Å². The number of para-hydroxylation sites is 1. The van der Waals surface area contributed by atoms with Gasteiger partial charge in [0, 0.05) is 22.9 Å². The van der Waals surface area contributed by atoms with Crippen molar-refractivity contribution in [2.75, 3.05) is 0 Å². The molecule has 1 amide bonds. The summed E-state index contributed by atoms with van der Waals surface area (Å²) in [6.45, 7) is 5.71. The Hall–Kier alpha value is -4.26. The molecule has 0 fully saturated rings. The predicted molar refractivity (Wildman–Crippen MR) is 133 cm³/mol. The number of furan rings is 1. The third-order valence-corrected chi connectivity index (χ3v) is 6.04. The van der Waals surface area contributed by atoms with E-state index in [4.69, 9.17) is 9.15 Å². The molecule has 0 atom stereocenters. The number of ether oxygens (including phenoxy) is 1. The number of esters is 1. The van der Waals surface area contributed by atoms with E-state index in [0.717, 1.165) is 34.0 Å². The zero-order chi connectivity index (χ0) is 24.5. The van der Waals surface area contributed by atoms with Crippen LogP contribution in [0.3, 0.4) is 0 Å². The second kappa shape index (κ2) is 9.18. The fourth-order valence-electron chi connectivity index (χ4n) is 4.49. The number of nitrogens with one attached hydrogen (secondary N) is 1. The van der Waals surface area contributed by atoms with Crippen LogP contribution in [-0.4, -0.2) is 22.6 Å². The number of aromatic nitrogens is 1.